The zero-order chi connectivity index (χ0) is 9.14. The Morgan fingerprint density at radius 3 is 3.00 bits per heavy atom. The predicted molar refractivity (Wildman–Crippen MR) is 40.8 cm³/mol. The molecule has 12 heavy (non-hydrogen) atoms. The number of carbonyl (C=O) groups is 1. The average Bonchev–Trinajstić information content (AvgIpc) is 2.34. The second kappa shape index (κ2) is 3.36. The second-order valence-electron chi connectivity index (χ2n) is 2.60. The summed E-state index contributed by atoms with van der Waals surface area (Å²) in [5, 5.41) is 8.47. The minimum Gasteiger partial charge on any atom is -0.475 e. The molecule has 0 fully saturated rings. The molecule has 0 bridgehead atoms. The number of hydrogen-bond donors (Lipinski definition) is 2. The van der Waals surface area contributed by atoms with Gasteiger partial charge in [-0.05, 0) is 6.92 Å². The molecule has 1 rings (SSSR count). The predicted octanol–water partition coefficient (Wildman–Crippen LogP) is 0.263. The quantitative estimate of drug-likeness (QED) is 0.679. The Balaban J connectivity index is 2.71. The molecule has 0 saturated heterocycles. The molecule has 3 N–H and O–H groups in total. The SMILES string of the molecule is CC(N)Cc1ncc(C(=O)O)o1. The van der Waals surface area contributed by atoms with E-state index in [0.29, 0.717) is 12.3 Å². The summed E-state index contributed by atoms with van der Waals surface area (Å²) >= 11 is 0. The van der Waals surface area contributed by atoms with Crippen LogP contribution in [0.25, 0.3) is 0 Å². The van der Waals surface area contributed by atoms with E-state index in [4.69, 9.17) is 15.3 Å². The molecule has 0 saturated carbocycles. The largest absolute Gasteiger partial charge is 0.475 e. The molecule has 0 radical (unpaired) electrons. The fourth-order valence-electron chi connectivity index (χ4n) is 0.779. The topological polar surface area (TPSA) is 89.3 Å². The summed E-state index contributed by atoms with van der Waals surface area (Å²) in [5.41, 5.74) is 5.46. The van der Waals surface area contributed by atoms with E-state index in [-0.39, 0.29) is 11.8 Å². The lowest BCUT2D eigenvalue weighted by molar-refractivity contribution is 0.0660. The first-order valence-corrected chi connectivity index (χ1v) is 3.53. The first kappa shape index (κ1) is 8.73. The van der Waals surface area contributed by atoms with Gasteiger partial charge in [-0.25, -0.2) is 9.78 Å². The Kier molecular flexibility index (Phi) is 2.44. The van der Waals surface area contributed by atoms with Crippen LogP contribution in [0.1, 0.15) is 23.4 Å². The summed E-state index contributed by atoms with van der Waals surface area (Å²) in [5.74, 6) is -0.897. The summed E-state index contributed by atoms with van der Waals surface area (Å²) in [6.07, 6.45) is 1.63. The molecular formula is C7H10N2O3. The highest BCUT2D eigenvalue weighted by Crippen LogP contribution is 2.04. The summed E-state index contributed by atoms with van der Waals surface area (Å²) in [6, 6.07) is -0.0784. The third-order valence-electron chi connectivity index (χ3n) is 1.26. The maximum absolute atomic E-state index is 10.3. The Morgan fingerprint density at radius 2 is 2.58 bits per heavy atom. The van der Waals surface area contributed by atoms with E-state index in [0.717, 1.165) is 0 Å². The maximum atomic E-state index is 10.3. The van der Waals surface area contributed by atoms with Crippen molar-refractivity contribution in [1.82, 2.24) is 4.98 Å². The van der Waals surface area contributed by atoms with Crippen LogP contribution in [0.15, 0.2) is 10.6 Å². The van der Waals surface area contributed by atoms with Gasteiger partial charge in [-0.3, -0.25) is 0 Å². The van der Waals surface area contributed by atoms with Gasteiger partial charge in [0.05, 0.1) is 6.20 Å². The lowest BCUT2D eigenvalue weighted by Crippen LogP contribution is -2.17. The van der Waals surface area contributed by atoms with E-state index in [1.54, 1.807) is 6.92 Å². The third kappa shape index (κ3) is 2.06. The van der Waals surface area contributed by atoms with Crippen LogP contribution in [0.3, 0.4) is 0 Å². The molecule has 0 aromatic carbocycles. The number of nitrogens with zero attached hydrogens (tertiary/aromatic N) is 1. The molecule has 5 nitrogen and oxygen atoms in total. The van der Waals surface area contributed by atoms with E-state index in [1.807, 2.05) is 0 Å². The number of aromatic nitrogens is 1. The van der Waals surface area contributed by atoms with Crippen LogP contribution >= 0.6 is 0 Å². The van der Waals surface area contributed by atoms with Gasteiger partial charge in [0.1, 0.15) is 0 Å². The zero-order valence-corrected chi connectivity index (χ0v) is 6.65. The van der Waals surface area contributed by atoms with Crippen molar-refractivity contribution in [1.29, 1.82) is 0 Å². The van der Waals surface area contributed by atoms with E-state index in [1.165, 1.54) is 6.20 Å². The summed E-state index contributed by atoms with van der Waals surface area (Å²) in [7, 11) is 0. The van der Waals surface area contributed by atoms with Gasteiger partial charge in [-0.15, -0.1) is 0 Å². The molecule has 0 spiro atoms. The molecule has 0 aliphatic carbocycles. The lowest BCUT2D eigenvalue weighted by Gasteiger charge is -1.97. The Labute approximate surface area is 69.2 Å². The maximum Gasteiger partial charge on any atom is 0.373 e. The Bertz CT molecular complexity index is 280. The normalized spacial score (nSPS) is 12.8. The molecule has 0 aliphatic heterocycles. The van der Waals surface area contributed by atoms with Crippen molar-refractivity contribution in [2.24, 2.45) is 5.73 Å². The average molecular weight is 170 g/mol. The van der Waals surface area contributed by atoms with Gasteiger partial charge in [0.15, 0.2) is 5.89 Å². The van der Waals surface area contributed by atoms with Gasteiger partial charge in [-0.1, -0.05) is 0 Å². The van der Waals surface area contributed by atoms with Crippen molar-refractivity contribution in [2.45, 2.75) is 19.4 Å². The summed E-state index contributed by atoms with van der Waals surface area (Å²) in [4.78, 5) is 14.1. The molecule has 1 heterocycles. The van der Waals surface area contributed by atoms with Crippen LogP contribution < -0.4 is 5.73 Å². The monoisotopic (exact) mass is 170 g/mol. The number of oxazole rings is 1. The minimum absolute atomic E-state index is 0.0784. The van der Waals surface area contributed by atoms with E-state index >= 15 is 0 Å². The molecule has 1 unspecified atom stereocenters. The van der Waals surface area contributed by atoms with Gasteiger partial charge in [0.2, 0.25) is 5.76 Å². The van der Waals surface area contributed by atoms with Crippen molar-refractivity contribution >= 4 is 5.97 Å². The number of carboxylic acid groups (broad SMARTS) is 1. The lowest BCUT2D eigenvalue weighted by atomic mass is 10.2. The number of rotatable bonds is 3. The standard InChI is InChI=1S/C7H10N2O3/c1-4(8)2-6-9-3-5(12-6)7(10)11/h3-4H,2,8H2,1H3,(H,10,11). The van der Waals surface area contributed by atoms with Crippen LogP contribution in [0, 0.1) is 0 Å². The fraction of sp³-hybridized carbons (Fsp3) is 0.429. The molecule has 5 heteroatoms. The Hall–Kier alpha value is -1.36. The van der Waals surface area contributed by atoms with Crippen molar-refractivity contribution in [3.8, 4) is 0 Å². The molecule has 0 aliphatic rings. The molecule has 1 aromatic heterocycles. The van der Waals surface area contributed by atoms with Crippen molar-refractivity contribution in [3.63, 3.8) is 0 Å². The van der Waals surface area contributed by atoms with Crippen LogP contribution in [0.4, 0.5) is 0 Å². The molecule has 1 aromatic rings. The number of aromatic carboxylic acids is 1. The fourth-order valence-corrected chi connectivity index (χ4v) is 0.779. The highest BCUT2D eigenvalue weighted by molar-refractivity contribution is 5.83. The van der Waals surface area contributed by atoms with Crippen molar-refractivity contribution in [2.75, 3.05) is 0 Å². The number of hydrogen-bond acceptors (Lipinski definition) is 4. The summed E-state index contributed by atoms with van der Waals surface area (Å²) < 4.78 is 4.87. The minimum atomic E-state index is -1.11. The van der Waals surface area contributed by atoms with Crippen molar-refractivity contribution < 1.29 is 14.3 Å². The van der Waals surface area contributed by atoms with Crippen LogP contribution in [0.2, 0.25) is 0 Å². The highest BCUT2D eigenvalue weighted by atomic mass is 16.4. The van der Waals surface area contributed by atoms with Gasteiger partial charge in [-0.2, -0.15) is 0 Å². The van der Waals surface area contributed by atoms with E-state index in [9.17, 15) is 4.79 Å². The smallest absolute Gasteiger partial charge is 0.373 e. The van der Waals surface area contributed by atoms with Gasteiger partial charge in [0, 0.05) is 12.5 Å². The molecular weight excluding hydrogens is 160 g/mol. The molecule has 66 valence electrons. The van der Waals surface area contributed by atoms with Crippen LogP contribution in [-0.2, 0) is 6.42 Å². The second-order valence-corrected chi connectivity index (χ2v) is 2.60. The summed E-state index contributed by atoms with van der Waals surface area (Å²) in [6.45, 7) is 1.80. The molecule has 0 amide bonds. The van der Waals surface area contributed by atoms with Gasteiger partial charge >= 0.3 is 5.97 Å². The molecule has 1 atom stereocenters. The van der Waals surface area contributed by atoms with Gasteiger partial charge in [0.25, 0.3) is 0 Å². The first-order valence-electron chi connectivity index (χ1n) is 3.53. The number of nitrogens with two attached hydrogens (primary N) is 1. The zero-order valence-electron chi connectivity index (χ0n) is 6.65. The first-order chi connectivity index (χ1) is 5.59. The Morgan fingerprint density at radius 1 is 1.92 bits per heavy atom. The number of carboxylic acids is 1. The van der Waals surface area contributed by atoms with Crippen LogP contribution in [-0.4, -0.2) is 22.1 Å². The van der Waals surface area contributed by atoms with Gasteiger partial charge < -0.3 is 15.3 Å². The van der Waals surface area contributed by atoms with E-state index in [2.05, 4.69) is 4.98 Å². The third-order valence-corrected chi connectivity index (χ3v) is 1.26. The highest BCUT2D eigenvalue weighted by Gasteiger charge is 2.10. The van der Waals surface area contributed by atoms with Crippen molar-refractivity contribution in [3.05, 3.63) is 17.8 Å². The van der Waals surface area contributed by atoms with Crippen LogP contribution in [0.5, 0.6) is 0 Å². The van der Waals surface area contributed by atoms with E-state index < -0.39 is 5.97 Å².